The van der Waals surface area contributed by atoms with Gasteiger partial charge in [0.25, 0.3) is 5.91 Å². The fraction of sp³-hybridized carbons (Fsp3) is 0.388. The molecule has 5 rings (SSSR count). The molecule has 3 amide bonds. The zero-order chi connectivity index (χ0) is 45.1. The average molecular weight is 847 g/mol. The first kappa shape index (κ1) is 46.7. The Labute approximate surface area is 362 Å². The number of likely N-dealkylation sites (N-methyl/N-ethyl adjacent to an activating group) is 1. The van der Waals surface area contributed by atoms with Gasteiger partial charge < -0.3 is 36.6 Å². The number of carboxylic acids is 1. The van der Waals surface area contributed by atoms with Crippen LogP contribution in [0.4, 0.5) is 0 Å². The molecule has 1 aliphatic heterocycles. The van der Waals surface area contributed by atoms with Crippen LogP contribution in [0.15, 0.2) is 84.9 Å². The van der Waals surface area contributed by atoms with E-state index in [0.29, 0.717) is 30.5 Å². The predicted molar refractivity (Wildman–Crippen MR) is 236 cm³/mol. The molecular weight excluding hydrogens is 789 g/mol. The summed E-state index contributed by atoms with van der Waals surface area (Å²) in [6.45, 7) is 5.57. The number of phenolic OH excluding ortho intramolecular Hbond substituents is 2. The molecule has 0 unspecified atom stereocenters. The van der Waals surface area contributed by atoms with Gasteiger partial charge in [0.1, 0.15) is 23.6 Å². The molecule has 62 heavy (non-hydrogen) atoms. The van der Waals surface area contributed by atoms with Crippen molar-refractivity contribution >= 4 is 35.3 Å². The molecule has 4 bridgehead atoms. The number of unbranched alkanes of at least 4 members (excludes halogenated alkanes) is 2. The number of aromatic hydroxyl groups is 2. The highest BCUT2D eigenvalue weighted by Crippen LogP contribution is 2.39. The minimum absolute atomic E-state index is 0.131. The van der Waals surface area contributed by atoms with Gasteiger partial charge in [0, 0.05) is 54.8 Å². The summed E-state index contributed by atoms with van der Waals surface area (Å²) in [7, 11) is 1.43. The highest BCUT2D eigenvalue weighted by Gasteiger charge is 2.36. The van der Waals surface area contributed by atoms with Gasteiger partial charge in [0.05, 0.1) is 6.04 Å². The molecule has 0 radical (unpaired) electrons. The number of fused-ring (bicyclic) bond motifs is 5. The van der Waals surface area contributed by atoms with Crippen molar-refractivity contribution in [1.82, 2.24) is 15.5 Å². The lowest BCUT2D eigenvalue weighted by Gasteiger charge is -2.32. The number of Topliss-reactive ketones (excluding diaryl/α,β-unsaturated/α-hetero) is 2. The average Bonchev–Trinajstić information content (AvgIpc) is 3.25. The minimum Gasteiger partial charge on any atom is -0.507 e. The lowest BCUT2D eigenvalue weighted by Crippen LogP contribution is -2.46. The molecule has 0 saturated heterocycles. The Hall–Kier alpha value is -6.34. The maximum Gasteiger partial charge on any atom is 0.326 e. The second kappa shape index (κ2) is 21.4. The van der Waals surface area contributed by atoms with Gasteiger partial charge in [0.2, 0.25) is 11.8 Å². The fourth-order valence-electron chi connectivity index (χ4n) is 7.85. The first-order chi connectivity index (χ1) is 29.6. The molecular formula is C49H58N4O9. The Balaban J connectivity index is 1.38. The Bertz CT molecular complexity index is 2260. The second-order valence-electron chi connectivity index (χ2n) is 16.4. The lowest BCUT2D eigenvalue weighted by atomic mass is 9.88. The summed E-state index contributed by atoms with van der Waals surface area (Å²) in [5.74, 6) is -6.29. The van der Waals surface area contributed by atoms with Crippen molar-refractivity contribution in [3.63, 3.8) is 0 Å². The number of nitrogens with zero attached hydrogens (tertiary/aromatic N) is 1. The third kappa shape index (κ3) is 11.7. The van der Waals surface area contributed by atoms with E-state index in [1.807, 2.05) is 12.1 Å². The summed E-state index contributed by atoms with van der Waals surface area (Å²) in [5, 5.41) is 37.1. The zero-order valence-corrected chi connectivity index (χ0v) is 35.9. The monoisotopic (exact) mass is 846 g/mol. The second-order valence-corrected chi connectivity index (χ2v) is 16.4. The normalized spacial score (nSPS) is 17.5. The van der Waals surface area contributed by atoms with Crippen molar-refractivity contribution in [2.24, 2.45) is 17.6 Å². The van der Waals surface area contributed by atoms with Crippen LogP contribution in [0.3, 0.4) is 0 Å². The number of hydrogen-bond donors (Lipinski definition) is 6. The molecule has 7 N–H and O–H groups in total. The van der Waals surface area contributed by atoms with E-state index < -0.39 is 65.2 Å². The van der Waals surface area contributed by atoms with E-state index in [1.54, 1.807) is 19.1 Å². The molecule has 328 valence electrons. The van der Waals surface area contributed by atoms with Crippen molar-refractivity contribution in [2.45, 2.75) is 96.7 Å². The standard InChI is InChI=1S/C49H58N4O9/c1-5-6-9-31-11-14-33(15-12-31)34-16-18-35(19-17-34)47(59)51-30(3)43(56)28-37(10-7-8-23-50)48(60)53(4)45-36-20-22-42(55)39(27-36)38-25-32(13-21-41(38)54)26-40(49(61)62)52-46(58)29(2)24-44(45)57/h11-22,25,27,29-30,37,40,45,54-55H,5-10,23-24,26,28,50H2,1-4H3,(H,51,59)(H,52,58)(H,61,62)/t29-,30-,37-,40+,45+/m1/s1. The molecule has 0 aliphatic carbocycles. The molecule has 5 atom stereocenters. The number of hydrogen-bond acceptors (Lipinski definition) is 9. The van der Waals surface area contributed by atoms with Gasteiger partial charge in [0.15, 0.2) is 11.6 Å². The molecule has 13 heteroatoms. The SMILES string of the molecule is CCCCc1ccc(-c2ccc(C(=O)N[C@H](C)C(=O)C[C@@H](CCCCN)C(=O)N(C)[C@@H]3C(=O)C[C@@H](C)C(=O)N[C@H](C(=O)O)Cc4ccc(O)c(c4)-c4cc3ccc4O)cc2)cc1. The number of aliphatic carboxylic acids is 1. The van der Waals surface area contributed by atoms with Crippen LogP contribution in [0.1, 0.15) is 98.8 Å². The van der Waals surface area contributed by atoms with Crippen LogP contribution in [0.5, 0.6) is 11.5 Å². The van der Waals surface area contributed by atoms with Crippen LogP contribution >= 0.6 is 0 Å². The van der Waals surface area contributed by atoms with Gasteiger partial charge in [-0.2, -0.15) is 0 Å². The van der Waals surface area contributed by atoms with E-state index >= 15 is 0 Å². The number of carboxylic acid groups (broad SMARTS) is 1. The summed E-state index contributed by atoms with van der Waals surface area (Å²) >= 11 is 0. The first-order valence-corrected chi connectivity index (χ1v) is 21.3. The number of carbonyl (C=O) groups excluding carboxylic acids is 5. The Kier molecular flexibility index (Phi) is 16.2. The quantitative estimate of drug-likeness (QED) is 0.0672. The Morgan fingerprint density at radius 2 is 1.48 bits per heavy atom. The van der Waals surface area contributed by atoms with E-state index in [-0.39, 0.29) is 53.9 Å². The Morgan fingerprint density at radius 3 is 2.11 bits per heavy atom. The first-order valence-electron chi connectivity index (χ1n) is 21.3. The molecule has 13 nitrogen and oxygen atoms in total. The Morgan fingerprint density at radius 1 is 0.855 bits per heavy atom. The number of nitrogens with two attached hydrogens (primary N) is 1. The number of ketones is 2. The topological polar surface area (TPSA) is 216 Å². The van der Waals surface area contributed by atoms with E-state index in [0.717, 1.165) is 30.4 Å². The molecule has 1 heterocycles. The highest BCUT2D eigenvalue weighted by atomic mass is 16.4. The third-order valence-corrected chi connectivity index (χ3v) is 11.6. The summed E-state index contributed by atoms with van der Waals surface area (Å²) in [6.07, 6.45) is 3.84. The fourth-order valence-corrected chi connectivity index (χ4v) is 7.85. The van der Waals surface area contributed by atoms with Crippen LogP contribution in [-0.2, 0) is 36.8 Å². The van der Waals surface area contributed by atoms with Crippen molar-refractivity contribution in [2.75, 3.05) is 13.6 Å². The van der Waals surface area contributed by atoms with Crippen LogP contribution in [0.25, 0.3) is 22.3 Å². The van der Waals surface area contributed by atoms with Gasteiger partial charge in [-0.1, -0.05) is 75.2 Å². The summed E-state index contributed by atoms with van der Waals surface area (Å²) in [5.41, 5.74) is 10.4. The summed E-state index contributed by atoms with van der Waals surface area (Å²) < 4.78 is 0. The predicted octanol–water partition coefficient (Wildman–Crippen LogP) is 6.52. The van der Waals surface area contributed by atoms with Gasteiger partial charge in [-0.3, -0.25) is 24.0 Å². The third-order valence-electron chi connectivity index (χ3n) is 11.6. The minimum atomic E-state index is -1.36. The number of rotatable bonds is 16. The van der Waals surface area contributed by atoms with E-state index in [9.17, 15) is 44.1 Å². The molecule has 0 spiro atoms. The van der Waals surface area contributed by atoms with E-state index in [2.05, 4.69) is 41.8 Å². The van der Waals surface area contributed by atoms with Crippen molar-refractivity contribution in [3.05, 3.63) is 107 Å². The van der Waals surface area contributed by atoms with Crippen LogP contribution < -0.4 is 16.4 Å². The smallest absolute Gasteiger partial charge is 0.326 e. The molecule has 0 fully saturated rings. The maximum absolute atomic E-state index is 14.6. The summed E-state index contributed by atoms with van der Waals surface area (Å²) in [6, 6.07) is 20.5. The van der Waals surface area contributed by atoms with Gasteiger partial charge in [-0.25, -0.2) is 4.79 Å². The molecule has 1 aliphatic rings. The molecule has 4 aromatic carbocycles. The molecule has 4 aromatic rings. The van der Waals surface area contributed by atoms with Gasteiger partial charge in [-0.05, 0) is 103 Å². The largest absolute Gasteiger partial charge is 0.507 e. The molecule has 0 aromatic heterocycles. The van der Waals surface area contributed by atoms with E-state index in [4.69, 9.17) is 5.73 Å². The van der Waals surface area contributed by atoms with Gasteiger partial charge >= 0.3 is 5.97 Å². The number of aryl methyl sites for hydroxylation is 1. The summed E-state index contributed by atoms with van der Waals surface area (Å²) in [4.78, 5) is 82.8. The number of nitrogens with one attached hydrogen (secondary N) is 2. The number of phenols is 2. The van der Waals surface area contributed by atoms with Crippen molar-refractivity contribution in [3.8, 4) is 33.8 Å². The maximum atomic E-state index is 14.6. The highest BCUT2D eigenvalue weighted by molar-refractivity contribution is 5.99. The van der Waals surface area contributed by atoms with Crippen LogP contribution in [0, 0.1) is 11.8 Å². The lowest BCUT2D eigenvalue weighted by molar-refractivity contribution is -0.144. The zero-order valence-electron chi connectivity index (χ0n) is 35.9. The number of benzene rings is 4. The van der Waals surface area contributed by atoms with Crippen LogP contribution in [0.2, 0.25) is 0 Å². The molecule has 0 saturated carbocycles. The van der Waals surface area contributed by atoms with Gasteiger partial charge in [-0.15, -0.1) is 0 Å². The van der Waals surface area contributed by atoms with E-state index in [1.165, 1.54) is 60.8 Å². The number of amides is 3. The van der Waals surface area contributed by atoms with Crippen LogP contribution in [-0.4, -0.2) is 81.2 Å². The van der Waals surface area contributed by atoms with Crippen molar-refractivity contribution < 1.29 is 44.1 Å². The van der Waals surface area contributed by atoms with Crippen molar-refractivity contribution in [1.29, 1.82) is 0 Å². The number of carbonyl (C=O) groups is 6.